The van der Waals surface area contributed by atoms with Gasteiger partial charge < -0.3 is 4.74 Å². The van der Waals surface area contributed by atoms with Crippen molar-refractivity contribution in [1.29, 1.82) is 0 Å². The first-order valence-electron chi connectivity index (χ1n) is 9.18. The van der Waals surface area contributed by atoms with Crippen LogP contribution in [0.25, 0.3) is 11.3 Å². The number of nitroso groups, excluding NO2 is 1. The van der Waals surface area contributed by atoms with E-state index in [0.29, 0.717) is 0 Å². The number of aromatic nitrogens is 1. The van der Waals surface area contributed by atoms with Gasteiger partial charge in [0.15, 0.2) is 5.13 Å². The summed E-state index contributed by atoms with van der Waals surface area (Å²) in [6.07, 6.45) is -5.59. The van der Waals surface area contributed by atoms with E-state index in [1.165, 1.54) is 23.6 Å². The van der Waals surface area contributed by atoms with Crippen molar-refractivity contribution >= 4 is 33.9 Å². The molecule has 1 aromatic heterocycles. The molecule has 168 valence electrons. The lowest BCUT2D eigenvalue weighted by atomic mass is 10.1. The zero-order valence-electron chi connectivity index (χ0n) is 17.1. The van der Waals surface area contributed by atoms with Crippen molar-refractivity contribution in [3.8, 4) is 11.3 Å². The maximum atomic E-state index is 14.3. The number of ether oxygens (including phenoxy) is 1. The van der Waals surface area contributed by atoms with Gasteiger partial charge in [-0.05, 0) is 62.3 Å². The summed E-state index contributed by atoms with van der Waals surface area (Å²) in [4.78, 5) is 28.8. The maximum Gasteiger partial charge on any atom is 0.421 e. The minimum Gasteiger partial charge on any atom is -0.443 e. The number of amides is 1. The number of halogens is 4. The van der Waals surface area contributed by atoms with Crippen LogP contribution in [0.3, 0.4) is 0 Å². The molecule has 2 aromatic carbocycles. The quantitative estimate of drug-likeness (QED) is 0.295. The van der Waals surface area contributed by atoms with Gasteiger partial charge in [-0.1, -0.05) is 6.07 Å². The van der Waals surface area contributed by atoms with Gasteiger partial charge in [0.25, 0.3) is 0 Å². The van der Waals surface area contributed by atoms with E-state index in [1.807, 2.05) is 0 Å². The summed E-state index contributed by atoms with van der Waals surface area (Å²) in [5.41, 5.74) is -2.02. The Kier molecular flexibility index (Phi) is 6.31. The van der Waals surface area contributed by atoms with Crippen LogP contribution < -0.4 is 4.90 Å². The van der Waals surface area contributed by atoms with Crippen molar-refractivity contribution in [3.05, 3.63) is 64.1 Å². The molecule has 0 aliphatic carbocycles. The number of carbonyl (C=O) groups excluding carboxylic acids is 1. The lowest BCUT2D eigenvalue weighted by Gasteiger charge is -2.26. The summed E-state index contributed by atoms with van der Waals surface area (Å²) in [5.74, 6) is -0.683. The topological polar surface area (TPSA) is 71.9 Å². The number of nitrogens with zero attached hydrogens (tertiary/aromatic N) is 3. The summed E-state index contributed by atoms with van der Waals surface area (Å²) in [7, 11) is 0. The molecule has 0 aliphatic rings. The van der Waals surface area contributed by atoms with Gasteiger partial charge >= 0.3 is 12.3 Å². The second-order valence-electron chi connectivity index (χ2n) is 7.63. The number of carbonyl (C=O) groups is 1. The van der Waals surface area contributed by atoms with Crippen molar-refractivity contribution in [1.82, 2.24) is 4.98 Å². The van der Waals surface area contributed by atoms with E-state index in [1.54, 1.807) is 20.8 Å². The van der Waals surface area contributed by atoms with Gasteiger partial charge in [-0.2, -0.15) is 13.2 Å². The number of rotatable bonds is 4. The molecule has 1 amide bonds. The van der Waals surface area contributed by atoms with Crippen molar-refractivity contribution in [3.63, 3.8) is 0 Å². The Morgan fingerprint density at radius 1 is 1.12 bits per heavy atom. The molecule has 0 atom stereocenters. The van der Waals surface area contributed by atoms with Crippen molar-refractivity contribution in [2.24, 2.45) is 5.18 Å². The third-order valence-corrected chi connectivity index (χ3v) is 4.85. The Morgan fingerprint density at radius 3 is 2.47 bits per heavy atom. The van der Waals surface area contributed by atoms with Crippen LogP contribution in [0.4, 0.5) is 38.9 Å². The standard InChI is InChI=1S/C21H17F4N3O3S/c1-20(2,3)31-19(29)28(14-6-4-5-12(9-14)21(23,24)25)18-26-17(11-32-18)15-10-13(27-30)7-8-16(15)22/h4-11H,1-3H3. The highest BCUT2D eigenvalue weighted by Crippen LogP contribution is 2.38. The van der Waals surface area contributed by atoms with Gasteiger partial charge in [0.2, 0.25) is 0 Å². The molecule has 0 saturated carbocycles. The number of anilines is 2. The SMILES string of the molecule is CC(C)(C)OC(=O)N(c1cccc(C(F)(F)F)c1)c1nc(-c2cc(N=O)ccc2F)cs1. The molecule has 0 fully saturated rings. The number of thiazole rings is 1. The average molecular weight is 467 g/mol. The molecule has 1 heterocycles. The zero-order chi connectivity index (χ0) is 23.7. The fraction of sp³-hybridized carbons (Fsp3) is 0.238. The molecule has 0 radical (unpaired) electrons. The molecule has 3 rings (SSSR count). The van der Waals surface area contributed by atoms with Gasteiger partial charge in [-0.3, -0.25) is 0 Å². The van der Waals surface area contributed by atoms with E-state index >= 15 is 0 Å². The summed E-state index contributed by atoms with van der Waals surface area (Å²) in [5, 5.41) is 4.12. The fourth-order valence-corrected chi connectivity index (χ4v) is 3.51. The van der Waals surface area contributed by atoms with Gasteiger partial charge in [0.1, 0.15) is 17.1 Å². The molecule has 3 aromatic rings. The highest BCUT2D eigenvalue weighted by molar-refractivity contribution is 7.14. The highest BCUT2D eigenvalue weighted by atomic mass is 32.1. The predicted molar refractivity (Wildman–Crippen MR) is 113 cm³/mol. The fourth-order valence-electron chi connectivity index (χ4n) is 2.68. The summed E-state index contributed by atoms with van der Waals surface area (Å²) >= 11 is 0.894. The van der Waals surface area contributed by atoms with Crippen molar-refractivity contribution in [2.45, 2.75) is 32.5 Å². The lowest BCUT2D eigenvalue weighted by Crippen LogP contribution is -2.34. The monoisotopic (exact) mass is 467 g/mol. The number of hydrogen-bond acceptors (Lipinski definition) is 6. The smallest absolute Gasteiger partial charge is 0.421 e. The Bertz CT molecular complexity index is 1160. The molecule has 32 heavy (non-hydrogen) atoms. The van der Waals surface area contributed by atoms with E-state index in [-0.39, 0.29) is 27.8 Å². The van der Waals surface area contributed by atoms with Crippen molar-refractivity contribution in [2.75, 3.05) is 4.90 Å². The van der Waals surface area contributed by atoms with Crippen LogP contribution in [0.1, 0.15) is 26.3 Å². The largest absolute Gasteiger partial charge is 0.443 e. The van der Waals surface area contributed by atoms with E-state index in [0.717, 1.165) is 40.5 Å². The van der Waals surface area contributed by atoms with E-state index in [2.05, 4.69) is 10.2 Å². The van der Waals surface area contributed by atoms with Gasteiger partial charge in [0.05, 0.1) is 16.9 Å². The van der Waals surface area contributed by atoms with Gasteiger partial charge in [-0.15, -0.1) is 16.2 Å². The summed E-state index contributed by atoms with van der Waals surface area (Å²) in [6.45, 7) is 4.82. The van der Waals surface area contributed by atoms with Crippen LogP contribution in [0.15, 0.2) is 53.0 Å². The second kappa shape index (κ2) is 8.65. The van der Waals surface area contributed by atoms with Gasteiger partial charge in [-0.25, -0.2) is 19.1 Å². The molecule has 0 N–H and O–H groups in total. The van der Waals surface area contributed by atoms with Crippen LogP contribution in [-0.2, 0) is 10.9 Å². The second-order valence-corrected chi connectivity index (χ2v) is 8.47. The van der Waals surface area contributed by atoms with Crippen LogP contribution >= 0.6 is 11.3 Å². The Labute approximate surface area is 184 Å². The van der Waals surface area contributed by atoms with E-state index in [9.17, 15) is 27.3 Å². The molecule has 0 aliphatic heterocycles. The molecule has 0 bridgehead atoms. The van der Waals surface area contributed by atoms with Crippen LogP contribution in [-0.4, -0.2) is 16.7 Å². The molecular weight excluding hydrogens is 450 g/mol. The molecule has 0 saturated heterocycles. The van der Waals surface area contributed by atoms with E-state index in [4.69, 9.17) is 4.74 Å². The Balaban J connectivity index is 2.10. The van der Waals surface area contributed by atoms with Crippen LogP contribution in [0.5, 0.6) is 0 Å². The number of alkyl halides is 3. The Morgan fingerprint density at radius 2 is 1.84 bits per heavy atom. The third kappa shape index (κ3) is 5.28. The first-order valence-corrected chi connectivity index (χ1v) is 10.1. The first-order chi connectivity index (χ1) is 14.9. The molecular formula is C21H17F4N3O3S. The zero-order valence-corrected chi connectivity index (χ0v) is 17.9. The summed E-state index contributed by atoms with van der Waals surface area (Å²) in [6, 6.07) is 7.54. The maximum absolute atomic E-state index is 14.3. The predicted octanol–water partition coefficient (Wildman–Crippen LogP) is 7.44. The Hall–Kier alpha value is -3.34. The van der Waals surface area contributed by atoms with Gasteiger partial charge in [0, 0.05) is 10.9 Å². The van der Waals surface area contributed by atoms with Crippen molar-refractivity contribution < 1.29 is 27.1 Å². The first kappa shape index (κ1) is 23.3. The minimum absolute atomic E-state index is 0.0298. The number of hydrogen-bond donors (Lipinski definition) is 0. The minimum atomic E-state index is -4.63. The van der Waals surface area contributed by atoms with Crippen LogP contribution in [0.2, 0.25) is 0 Å². The van der Waals surface area contributed by atoms with Crippen LogP contribution in [0, 0.1) is 10.7 Å². The molecule has 11 heteroatoms. The lowest BCUT2D eigenvalue weighted by molar-refractivity contribution is -0.137. The third-order valence-electron chi connectivity index (χ3n) is 4.02. The van der Waals surface area contributed by atoms with E-state index < -0.39 is 29.3 Å². The molecule has 0 unspecified atom stereocenters. The normalized spacial score (nSPS) is 11.8. The molecule has 0 spiro atoms. The summed E-state index contributed by atoms with van der Waals surface area (Å²) < 4.78 is 59.3. The molecule has 6 nitrogen and oxygen atoms in total. The highest BCUT2D eigenvalue weighted by Gasteiger charge is 2.33. The average Bonchev–Trinajstić information content (AvgIpc) is 3.16. The number of benzene rings is 2.